The maximum Gasteiger partial charge on any atom is 0.170 e. The van der Waals surface area contributed by atoms with Gasteiger partial charge in [-0.3, -0.25) is 9.69 Å². The van der Waals surface area contributed by atoms with Crippen molar-refractivity contribution in [1.29, 1.82) is 0 Å². The van der Waals surface area contributed by atoms with Crippen LogP contribution in [0.2, 0.25) is 0 Å². The van der Waals surface area contributed by atoms with E-state index in [-0.39, 0.29) is 12.4 Å². The van der Waals surface area contributed by atoms with Crippen LogP contribution in [0, 0.1) is 5.92 Å². The SMILES string of the molecule is CCc1ccc(OCC(=O)CC2CCN(C(C)c3ccccc3)CC2)cc1. The van der Waals surface area contributed by atoms with Crippen molar-refractivity contribution in [3.63, 3.8) is 0 Å². The zero-order valence-corrected chi connectivity index (χ0v) is 16.6. The predicted molar refractivity (Wildman–Crippen MR) is 110 cm³/mol. The van der Waals surface area contributed by atoms with Gasteiger partial charge in [0.15, 0.2) is 5.78 Å². The molecule has 0 saturated carbocycles. The lowest BCUT2D eigenvalue weighted by Gasteiger charge is -2.36. The van der Waals surface area contributed by atoms with E-state index in [4.69, 9.17) is 4.74 Å². The minimum absolute atomic E-state index is 0.187. The highest BCUT2D eigenvalue weighted by Gasteiger charge is 2.25. The lowest BCUT2D eigenvalue weighted by Crippen LogP contribution is -2.36. The molecule has 3 nitrogen and oxygen atoms in total. The van der Waals surface area contributed by atoms with Gasteiger partial charge in [-0.15, -0.1) is 0 Å². The predicted octanol–water partition coefficient (Wildman–Crippen LogP) is 5.06. The average Bonchev–Trinajstić information content (AvgIpc) is 2.73. The molecular formula is C24H31NO2. The summed E-state index contributed by atoms with van der Waals surface area (Å²) in [6, 6.07) is 19.1. The molecule has 2 aromatic carbocycles. The number of carbonyl (C=O) groups excluding carboxylic acids is 1. The van der Waals surface area contributed by atoms with Gasteiger partial charge in [0.1, 0.15) is 12.4 Å². The number of hydrogen-bond acceptors (Lipinski definition) is 3. The molecule has 3 heteroatoms. The highest BCUT2D eigenvalue weighted by molar-refractivity contribution is 5.80. The number of ketones is 1. The van der Waals surface area contributed by atoms with E-state index in [1.807, 2.05) is 12.1 Å². The van der Waals surface area contributed by atoms with E-state index in [0.29, 0.717) is 18.4 Å². The third-order valence-electron chi connectivity index (χ3n) is 5.73. The second kappa shape index (κ2) is 9.70. The summed E-state index contributed by atoms with van der Waals surface area (Å²) in [6.45, 7) is 6.72. The Hall–Kier alpha value is -2.13. The summed E-state index contributed by atoms with van der Waals surface area (Å²) in [7, 11) is 0. The van der Waals surface area contributed by atoms with Crippen LogP contribution in [0.4, 0.5) is 0 Å². The summed E-state index contributed by atoms with van der Waals surface area (Å²) < 4.78 is 5.67. The van der Waals surface area contributed by atoms with Crippen LogP contribution in [0.15, 0.2) is 54.6 Å². The number of Topliss-reactive ketones (excluding diaryl/α,β-unsaturated/α-hetero) is 1. The molecule has 27 heavy (non-hydrogen) atoms. The second-order valence-electron chi connectivity index (χ2n) is 7.59. The maximum atomic E-state index is 12.3. The summed E-state index contributed by atoms with van der Waals surface area (Å²) in [5, 5.41) is 0. The molecule has 0 amide bonds. The Morgan fingerprint density at radius 2 is 1.74 bits per heavy atom. The largest absolute Gasteiger partial charge is 0.486 e. The smallest absolute Gasteiger partial charge is 0.170 e. The molecule has 1 unspecified atom stereocenters. The number of hydrogen-bond donors (Lipinski definition) is 0. The van der Waals surface area contributed by atoms with Gasteiger partial charge in [0.2, 0.25) is 0 Å². The third kappa shape index (κ3) is 5.67. The zero-order valence-electron chi connectivity index (χ0n) is 16.6. The van der Waals surface area contributed by atoms with Gasteiger partial charge in [0.25, 0.3) is 0 Å². The van der Waals surface area contributed by atoms with Crippen LogP contribution in [-0.2, 0) is 11.2 Å². The van der Waals surface area contributed by atoms with Crippen LogP contribution in [-0.4, -0.2) is 30.4 Å². The molecule has 0 N–H and O–H groups in total. The molecule has 2 aromatic rings. The lowest BCUT2D eigenvalue weighted by molar-refractivity contribution is -0.122. The Bertz CT molecular complexity index is 703. The Morgan fingerprint density at radius 1 is 1.07 bits per heavy atom. The monoisotopic (exact) mass is 365 g/mol. The zero-order chi connectivity index (χ0) is 19.1. The molecule has 1 aliphatic rings. The molecule has 1 atom stereocenters. The molecule has 0 aromatic heterocycles. The molecule has 0 spiro atoms. The minimum Gasteiger partial charge on any atom is -0.486 e. The lowest BCUT2D eigenvalue weighted by atomic mass is 9.90. The fraction of sp³-hybridized carbons (Fsp3) is 0.458. The summed E-state index contributed by atoms with van der Waals surface area (Å²) in [5.41, 5.74) is 2.65. The quantitative estimate of drug-likeness (QED) is 0.655. The number of ether oxygens (including phenoxy) is 1. The second-order valence-corrected chi connectivity index (χ2v) is 7.59. The van der Waals surface area contributed by atoms with Crippen LogP contribution in [0.5, 0.6) is 5.75 Å². The van der Waals surface area contributed by atoms with Crippen molar-refractivity contribution in [3.05, 3.63) is 65.7 Å². The number of nitrogens with zero attached hydrogens (tertiary/aromatic N) is 1. The maximum absolute atomic E-state index is 12.3. The van der Waals surface area contributed by atoms with Crippen LogP contribution < -0.4 is 4.74 Å². The van der Waals surface area contributed by atoms with E-state index in [9.17, 15) is 4.79 Å². The first-order valence-corrected chi connectivity index (χ1v) is 10.2. The topological polar surface area (TPSA) is 29.5 Å². The first-order valence-electron chi connectivity index (χ1n) is 10.2. The summed E-state index contributed by atoms with van der Waals surface area (Å²) in [4.78, 5) is 14.8. The van der Waals surface area contributed by atoms with Crippen LogP contribution in [0.3, 0.4) is 0 Å². The van der Waals surface area contributed by atoms with Crippen molar-refractivity contribution < 1.29 is 9.53 Å². The molecule has 1 fully saturated rings. The molecule has 1 aliphatic heterocycles. The Kier molecular flexibility index (Phi) is 7.05. The van der Waals surface area contributed by atoms with E-state index in [1.165, 1.54) is 11.1 Å². The Labute approximate surface area is 163 Å². The summed E-state index contributed by atoms with van der Waals surface area (Å²) in [5.74, 6) is 1.49. The van der Waals surface area contributed by atoms with E-state index in [1.54, 1.807) is 0 Å². The minimum atomic E-state index is 0.187. The van der Waals surface area contributed by atoms with Gasteiger partial charge in [0, 0.05) is 12.5 Å². The fourth-order valence-electron chi connectivity index (χ4n) is 3.85. The molecule has 3 rings (SSSR count). The summed E-state index contributed by atoms with van der Waals surface area (Å²) >= 11 is 0. The average molecular weight is 366 g/mol. The number of rotatable bonds is 8. The Morgan fingerprint density at radius 3 is 2.37 bits per heavy atom. The molecular weight excluding hydrogens is 334 g/mol. The fourth-order valence-corrected chi connectivity index (χ4v) is 3.85. The van der Waals surface area contributed by atoms with Gasteiger partial charge >= 0.3 is 0 Å². The number of aryl methyl sites for hydroxylation is 1. The first-order chi connectivity index (χ1) is 13.2. The number of piperidine rings is 1. The first kappa shape index (κ1) is 19.6. The van der Waals surface area contributed by atoms with Crippen molar-refractivity contribution in [3.8, 4) is 5.75 Å². The van der Waals surface area contributed by atoms with Gasteiger partial charge in [-0.25, -0.2) is 0 Å². The molecule has 144 valence electrons. The van der Waals surface area contributed by atoms with Crippen molar-refractivity contribution in [2.45, 2.75) is 45.6 Å². The van der Waals surface area contributed by atoms with Gasteiger partial charge in [-0.05, 0) is 68.5 Å². The van der Waals surface area contributed by atoms with E-state index in [2.05, 4.69) is 61.2 Å². The summed E-state index contributed by atoms with van der Waals surface area (Å²) in [6.07, 6.45) is 3.84. The number of likely N-dealkylation sites (tertiary alicyclic amines) is 1. The van der Waals surface area contributed by atoms with E-state index >= 15 is 0 Å². The molecule has 0 bridgehead atoms. The van der Waals surface area contributed by atoms with Crippen molar-refractivity contribution in [2.24, 2.45) is 5.92 Å². The van der Waals surface area contributed by atoms with Crippen molar-refractivity contribution in [2.75, 3.05) is 19.7 Å². The number of carbonyl (C=O) groups is 1. The van der Waals surface area contributed by atoms with Crippen molar-refractivity contribution >= 4 is 5.78 Å². The van der Waals surface area contributed by atoms with Crippen LogP contribution >= 0.6 is 0 Å². The van der Waals surface area contributed by atoms with E-state index < -0.39 is 0 Å². The third-order valence-corrected chi connectivity index (χ3v) is 5.73. The van der Waals surface area contributed by atoms with Gasteiger partial charge in [-0.1, -0.05) is 49.4 Å². The number of benzene rings is 2. The van der Waals surface area contributed by atoms with Crippen molar-refractivity contribution in [1.82, 2.24) is 4.90 Å². The molecule has 0 radical (unpaired) electrons. The highest BCUT2D eigenvalue weighted by Crippen LogP contribution is 2.28. The Balaban J connectivity index is 1.40. The normalized spacial score (nSPS) is 16.8. The molecule has 1 heterocycles. The molecule has 0 aliphatic carbocycles. The van der Waals surface area contributed by atoms with Gasteiger partial charge in [0.05, 0.1) is 0 Å². The van der Waals surface area contributed by atoms with Gasteiger partial charge in [-0.2, -0.15) is 0 Å². The van der Waals surface area contributed by atoms with E-state index in [0.717, 1.165) is 38.1 Å². The van der Waals surface area contributed by atoms with Gasteiger partial charge < -0.3 is 4.74 Å². The standard InChI is InChI=1S/C24H31NO2/c1-3-20-9-11-24(12-10-20)27-18-23(26)17-21-13-15-25(16-14-21)19(2)22-7-5-4-6-8-22/h4-12,19,21H,3,13-18H2,1-2H3. The molecule has 1 saturated heterocycles. The highest BCUT2D eigenvalue weighted by atomic mass is 16.5. The van der Waals surface area contributed by atoms with Crippen LogP contribution in [0.25, 0.3) is 0 Å². The van der Waals surface area contributed by atoms with Crippen LogP contribution in [0.1, 0.15) is 50.3 Å².